The van der Waals surface area contributed by atoms with Gasteiger partial charge < -0.3 is 20.3 Å². The Balaban J connectivity index is 1.45. The minimum Gasteiger partial charge on any atom is -0.385 e. The van der Waals surface area contributed by atoms with Crippen molar-refractivity contribution in [3.8, 4) is 0 Å². The first-order valence-corrected chi connectivity index (χ1v) is 11.2. The minimum atomic E-state index is -0.234. The number of fused-ring (bicyclic) bond motifs is 1. The molecule has 4 rings (SSSR count). The van der Waals surface area contributed by atoms with E-state index in [1.165, 1.54) is 19.3 Å². The molecule has 1 fully saturated rings. The molecule has 2 aromatic carbocycles. The van der Waals surface area contributed by atoms with E-state index < -0.39 is 0 Å². The van der Waals surface area contributed by atoms with E-state index in [4.69, 9.17) is 4.74 Å². The van der Waals surface area contributed by atoms with Gasteiger partial charge in [0.15, 0.2) is 0 Å². The average molecular weight is 422 g/mol. The van der Waals surface area contributed by atoms with Gasteiger partial charge in [0, 0.05) is 48.7 Å². The zero-order chi connectivity index (χ0) is 21.6. The van der Waals surface area contributed by atoms with Crippen LogP contribution in [0.5, 0.6) is 0 Å². The monoisotopic (exact) mass is 421 g/mol. The Morgan fingerprint density at radius 1 is 1.06 bits per heavy atom. The molecule has 0 bridgehead atoms. The molecule has 2 aromatic rings. The molecule has 6 nitrogen and oxygen atoms in total. The van der Waals surface area contributed by atoms with Gasteiger partial charge in [-0.2, -0.15) is 0 Å². The van der Waals surface area contributed by atoms with Crippen LogP contribution in [0.3, 0.4) is 0 Å². The Morgan fingerprint density at radius 3 is 2.55 bits per heavy atom. The van der Waals surface area contributed by atoms with E-state index in [2.05, 4.69) is 10.6 Å². The quantitative estimate of drug-likeness (QED) is 0.622. The Hall–Kier alpha value is -2.86. The smallest absolute Gasteiger partial charge is 0.256 e. The van der Waals surface area contributed by atoms with E-state index in [0.717, 1.165) is 36.1 Å². The van der Waals surface area contributed by atoms with E-state index in [-0.39, 0.29) is 18.0 Å². The van der Waals surface area contributed by atoms with Crippen LogP contribution >= 0.6 is 0 Å². The van der Waals surface area contributed by atoms with Gasteiger partial charge in [-0.05, 0) is 49.6 Å². The molecule has 2 N–H and O–H groups in total. The number of amides is 2. The van der Waals surface area contributed by atoms with Gasteiger partial charge in [0.1, 0.15) is 6.17 Å². The molecule has 31 heavy (non-hydrogen) atoms. The molecule has 1 aliphatic heterocycles. The molecular formula is C25H31N3O3. The highest BCUT2D eigenvalue weighted by Crippen LogP contribution is 2.34. The molecule has 1 heterocycles. The van der Waals surface area contributed by atoms with Crippen molar-refractivity contribution in [1.29, 1.82) is 0 Å². The van der Waals surface area contributed by atoms with Crippen molar-refractivity contribution in [3.63, 3.8) is 0 Å². The lowest BCUT2D eigenvalue weighted by Crippen LogP contribution is -2.36. The van der Waals surface area contributed by atoms with Gasteiger partial charge in [0.05, 0.1) is 0 Å². The lowest BCUT2D eigenvalue weighted by Gasteiger charge is -2.27. The number of ether oxygens (including phenoxy) is 1. The first kappa shape index (κ1) is 21.4. The van der Waals surface area contributed by atoms with Gasteiger partial charge in [0.2, 0.25) is 0 Å². The molecule has 6 heteroatoms. The highest BCUT2D eigenvalue weighted by molar-refractivity contribution is 5.99. The van der Waals surface area contributed by atoms with Crippen molar-refractivity contribution >= 4 is 17.5 Å². The predicted octanol–water partition coefficient (Wildman–Crippen LogP) is 4.35. The number of carbonyl (C=O) groups is 2. The summed E-state index contributed by atoms with van der Waals surface area (Å²) in [4.78, 5) is 27.3. The maximum atomic E-state index is 12.9. The van der Waals surface area contributed by atoms with E-state index in [9.17, 15) is 9.59 Å². The first-order chi connectivity index (χ1) is 15.2. The summed E-state index contributed by atoms with van der Waals surface area (Å²) < 4.78 is 5.16. The fourth-order valence-electron chi connectivity index (χ4n) is 4.53. The van der Waals surface area contributed by atoms with Crippen molar-refractivity contribution in [2.45, 2.75) is 50.7 Å². The second kappa shape index (κ2) is 9.96. The summed E-state index contributed by atoms with van der Waals surface area (Å²) in [5, 5.41) is 6.64. The van der Waals surface area contributed by atoms with E-state index in [0.29, 0.717) is 24.8 Å². The fourth-order valence-corrected chi connectivity index (χ4v) is 4.53. The zero-order valence-corrected chi connectivity index (χ0v) is 18.1. The Bertz CT molecular complexity index is 906. The van der Waals surface area contributed by atoms with Crippen molar-refractivity contribution in [2.24, 2.45) is 0 Å². The summed E-state index contributed by atoms with van der Waals surface area (Å²) in [6, 6.07) is 15.5. The average Bonchev–Trinajstić information content (AvgIpc) is 3.06. The molecule has 1 atom stereocenters. The molecule has 0 saturated heterocycles. The number of nitrogens with one attached hydrogen (secondary N) is 2. The summed E-state index contributed by atoms with van der Waals surface area (Å²) in [6.07, 6.45) is 6.32. The summed E-state index contributed by atoms with van der Waals surface area (Å²) in [6.45, 7) is 1.22. The second-order valence-corrected chi connectivity index (χ2v) is 8.36. The van der Waals surface area contributed by atoms with Crippen LogP contribution in [0.25, 0.3) is 0 Å². The highest BCUT2D eigenvalue weighted by Gasteiger charge is 2.36. The maximum Gasteiger partial charge on any atom is 0.256 e. The normalized spacial score (nSPS) is 18.7. The van der Waals surface area contributed by atoms with E-state index in [1.807, 2.05) is 53.4 Å². The molecule has 0 spiro atoms. The summed E-state index contributed by atoms with van der Waals surface area (Å²) in [5.41, 5.74) is 3.25. The van der Waals surface area contributed by atoms with Crippen LogP contribution in [0.4, 0.5) is 5.69 Å². The van der Waals surface area contributed by atoms with Crippen LogP contribution in [0.15, 0.2) is 48.5 Å². The number of anilines is 1. The summed E-state index contributed by atoms with van der Waals surface area (Å²) in [5.74, 6) is 0.0220. The van der Waals surface area contributed by atoms with Crippen LogP contribution in [-0.4, -0.2) is 43.0 Å². The SMILES string of the molecule is COCCCN1C(=O)c2ccccc2C1Nc1ccc(C(=O)NC2CCCCC2)cc1. The second-order valence-electron chi connectivity index (χ2n) is 8.36. The van der Waals surface area contributed by atoms with Crippen LogP contribution in [0.2, 0.25) is 0 Å². The van der Waals surface area contributed by atoms with Crippen molar-refractivity contribution < 1.29 is 14.3 Å². The third-order valence-corrected chi connectivity index (χ3v) is 6.20. The molecule has 1 unspecified atom stereocenters. The van der Waals surface area contributed by atoms with Crippen LogP contribution in [0.1, 0.15) is 71.0 Å². The third kappa shape index (κ3) is 4.90. The molecule has 1 saturated carbocycles. The van der Waals surface area contributed by atoms with Crippen LogP contribution in [-0.2, 0) is 4.74 Å². The fraction of sp³-hybridized carbons (Fsp3) is 0.440. The molecule has 2 aliphatic rings. The predicted molar refractivity (Wildman–Crippen MR) is 121 cm³/mol. The first-order valence-electron chi connectivity index (χ1n) is 11.2. The molecule has 0 aromatic heterocycles. The largest absolute Gasteiger partial charge is 0.385 e. The van der Waals surface area contributed by atoms with Crippen LogP contribution in [0, 0.1) is 0 Å². The Labute approximate surface area is 184 Å². The Kier molecular flexibility index (Phi) is 6.87. The van der Waals surface area contributed by atoms with Crippen molar-refractivity contribution in [1.82, 2.24) is 10.2 Å². The number of carbonyl (C=O) groups excluding carboxylic acids is 2. The molecule has 2 amide bonds. The highest BCUT2D eigenvalue weighted by atomic mass is 16.5. The minimum absolute atomic E-state index is 0.0129. The van der Waals surface area contributed by atoms with Crippen LogP contribution < -0.4 is 10.6 Å². The summed E-state index contributed by atoms with van der Waals surface area (Å²) >= 11 is 0. The molecular weight excluding hydrogens is 390 g/mol. The summed E-state index contributed by atoms with van der Waals surface area (Å²) in [7, 11) is 1.67. The lowest BCUT2D eigenvalue weighted by atomic mass is 9.95. The zero-order valence-electron chi connectivity index (χ0n) is 18.1. The number of methoxy groups -OCH3 is 1. The number of hydrogen-bond acceptors (Lipinski definition) is 4. The standard InChI is InChI=1S/C25H31N3O3/c1-31-17-7-16-28-23(21-10-5-6-11-22(21)25(28)30)26-20-14-12-18(13-15-20)24(29)27-19-8-3-2-4-9-19/h5-6,10-15,19,23,26H,2-4,7-9,16-17H2,1H3,(H,27,29). The van der Waals surface area contributed by atoms with Gasteiger partial charge in [-0.1, -0.05) is 37.5 Å². The molecule has 0 radical (unpaired) electrons. The number of benzene rings is 2. The van der Waals surface area contributed by atoms with Crippen molar-refractivity contribution in [3.05, 3.63) is 65.2 Å². The van der Waals surface area contributed by atoms with Gasteiger partial charge >= 0.3 is 0 Å². The van der Waals surface area contributed by atoms with Crippen molar-refractivity contribution in [2.75, 3.05) is 25.6 Å². The van der Waals surface area contributed by atoms with Gasteiger partial charge in [0.25, 0.3) is 11.8 Å². The third-order valence-electron chi connectivity index (χ3n) is 6.20. The lowest BCUT2D eigenvalue weighted by molar-refractivity contribution is 0.0721. The topological polar surface area (TPSA) is 70.7 Å². The van der Waals surface area contributed by atoms with E-state index >= 15 is 0 Å². The van der Waals surface area contributed by atoms with Gasteiger partial charge in [-0.15, -0.1) is 0 Å². The number of hydrogen-bond donors (Lipinski definition) is 2. The number of rotatable bonds is 8. The van der Waals surface area contributed by atoms with E-state index in [1.54, 1.807) is 7.11 Å². The number of nitrogens with zero attached hydrogens (tertiary/aromatic N) is 1. The maximum absolute atomic E-state index is 12.9. The van der Waals surface area contributed by atoms with Gasteiger partial charge in [-0.3, -0.25) is 9.59 Å². The Morgan fingerprint density at radius 2 is 1.81 bits per heavy atom. The van der Waals surface area contributed by atoms with Gasteiger partial charge in [-0.25, -0.2) is 0 Å². The molecule has 1 aliphatic carbocycles. The molecule has 164 valence electrons.